The largest absolute Gasteiger partial charge is 0.396 e. The van der Waals surface area contributed by atoms with Crippen molar-refractivity contribution < 1.29 is 51.1 Å². The molecule has 0 saturated heterocycles. The van der Waals surface area contributed by atoms with E-state index in [1.165, 1.54) is 193 Å². The molecule has 10 N–H and O–H groups in total. The van der Waals surface area contributed by atoms with Crippen LogP contribution in [0.1, 0.15) is 334 Å². The molecule has 0 rings (SSSR count). The minimum atomic E-state index is 0.121. The Kier molecular flexibility index (Phi) is 57.1. The maximum absolute atomic E-state index is 9.69. The first-order valence-electron chi connectivity index (χ1n) is 33.9. The number of aliphatic hydroxyl groups is 10. The molecule has 0 spiro atoms. The lowest BCUT2D eigenvalue weighted by Crippen LogP contribution is -2.23. The van der Waals surface area contributed by atoms with Gasteiger partial charge in [0.2, 0.25) is 0 Å². The summed E-state index contributed by atoms with van der Waals surface area (Å²) in [5.41, 5.74) is 0.656. The van der Waals surface area contributed by atoms with Crippen molar-refractivity contribution in [2.24, 2.45) is 28.1 Å². The summed E-state index contributed by atoms with van der Waals surface area (Å²) in [5.74, 6) is 1.26. The van der Waals surface area contributed by atoms with Gasteiger partial charge >= 0.3 is 0 Å². The van der Waals surface area contributed by atoms with E-state index in [0.717, 1.165) is 141 Å². The highest BCUT2D eigenvalue weighted by molar-refractivity contribution is 4.83. The highest BCUT2D eigenvalue weighted by Crippen LogP contribution is 2.44. The summed E-state index contributed by atoms with van der Waals surface area (Å²) in [4.78, 5) is 0. The van der Waals surface area contributed by atoms with Crippen molar-refractivity contribution in [1.82, 2.24) is 0 Å². The topological polar surface area (TPSA) is 202 Å². The first-order chi connectivity index (χ1) is 37.8. The average molecular weight is 1100 g/mol. The molecule has 0 atom stereocenters. The first kappa shape index (κ1) is 76.6. The molecule has 0 unspecified atom stereocenters. The zero-order valence-electron chi connectivity index (χ0n) is 51.0. The zero-order chi connectivity index (χ0) is 56.5. The molecule has 0 aliphatic rings. The molecular weight excluding hydrogens is 965 g/mol. The van der Waals surface area contributed by atoms with Gasteiger partial charge in [-0.1, -0.05) is 167 Å². The van der Waals surface area contributed by atoms with Crippen LogP contribution in [-0.2, 0) is 0 Å². The highest BCUT2D eigenvalue weighted by Gasteiger charge is 2.31. The van der Waals surface area contributed by atoms with Crippen LogP contribution < -0.4 is 0 Å². The monoisotopic (exact) mass is 1100 g/mol. The van der Waals surface area contributed by atoms with Gasteiger partial charge in [-0.25, -0.2) is 0 Å². The van der Waals surface area contributed by atoms with Gasteiger partial charge in [-0.15, -0.1) is 0 Å². The average Bonchev–Trinajstić information content (AvgIpc) is 3.44. The second-order valence-electron chi connectivity index (χ2n) is 25.2. The van der Waals surface area contributed by atoms with E-state index in [0.29, 0.717) is 17.3 Å². The third-order valence-electron chi connectivity index (χ3n) is 18.7. The molecule has 10 heteroatoms. The van der Waals surface area contributed by atoms with Crippen LogP contribution in [0.15, 0.2) is 0 Å². The molecule has 0 heterocycles. The molecule has 0 saturated carbocycles. The number of rotatable bonds is 66. The van der Waals surface area contributed by atoms with Crippen molar-refractivity contribution in [3.05, 3.63) is 0 Å². The zero-order valence-corrected chi connectivity index (χ0v) is 51.0. The molecule has 10 nitrogen and oxygen atoms in total. The minimum Gasteiger partial charge on any atom is -0.396 e. The van der Waals surface area contributed by atoms with Gasteiger partial charge in [-0.2, -0.15) is 0 Å². The Morgan fingerprint density at radius 1 is 0.143 bits per heavy atom. The summed E-state index contributed by atoms with van der Waals surface area (Å²) >= 11 is 0. The lowest BCUT2D eigenvalue weighted by Gasteiger charge is -2.35. The fourth-order valence-electron chi connectivity index (χ4n) is 14.1. The van der Waals surface area contributed by atoms with Crippen LogP contribution in [-0.4, -0.2) is 117 Å². The Labute approximate surface area is 477 Å². The third-order valence-corrected chi connectivity index (χ3v) is 18.7. The Morgan fingerprint density at radius 3 is 0.442 bits per heavy atom. The summed E-state index contributed by atoms with van der Waals surface area (Å²) in [6.45, 7) is 2.30. The molecule has 0 aliphatic carbocycles. The summed E-state index contributed by atoms with van der Waals surface area (Å²) in [5, 5.41) is 95.8. The molecule has 0 aromatic rings. The van der Waals surface area contributed by atoms with Crippen LogP contribution in [0.5, 0.6) is 0 Å². The standard InChI is InChI=1S/C67H136O10/c68-53-25-37-63(38-26-54-69)35-17-9-1-3-11-19-41-65(42-20-12-4-2-10-18-36-64(39-27-55-70)40-28-56-71,43-21-13-5-7-15-23-45-66(47-29-57-72,48-30-58-73)49-31-59-74)44-22-14-6-8-16-24-46-67(50-32-60-75,51-33-61-76)52-34-62-77/h63-64,68-77H,1-62H2. The molecule has 0 aromatic heterocycles. The molecule has 0 fully saturated rings. The van der Waals surface area contributed by atoms with E-state index < -0.39 is 0 Å². The second-order valence-corrected chi connectivity index (χ2v) is 25.2. The van der Waals surface area contributed by atoms with E-state index in [-0.39, 0.29) is 76.9 Å². The Bertz CT molecular complexity index is 997. The lowest BCUT2D eigenvalue weighted by molar-refractivity contribution is 0.133. The fraction of sp³-hybridized carbons (Fsp3) is 1.00. The van der Waals surface area contributed by atoms with E-state index in [1.54, 1.807) is 0 Å². The van der Waals surface area contributed by atoms with E-state index in [1.807, 2.05) is 0 Å². The predicted molar refractivity (Wildman–Crippen MR) is 325 cm³/mol. The fourth-order valence-corrected chi connectivity index (χ4v) is 14.1. The molecule has 0 aliphatic heterocycles. The number of aliphatic hydroxyl groups excluding tert-OH is 10. The molecule has 464 valence electrons. The summed E-state index contributed by atoms with van der Waals surface area (Å²) in [6.07, 6.45) is 59.4. The molecule has 0 radical (unpaired) electrons. The van der Waals surface area contributed by atoms with E-state index in [9.17, 15) is 51.1 Å². The molecule has 0 amide bonds. The molecular formula is C67H136O10. The van der Waals surface area contributed by atoms with Gasteiger partial charge in [0.1, 0.15) is 0 Å². The van der Waals surface area contributed by atoms with Gasteiger partial charge < -0.3 is 51.1 Å². The van der Waals surface area contributed by atoms with Gasteiger partial charge in [-0.3, -0.25) is 0 Å². The van der Waals surface area contributed by atoms with Crippen LogP contribution in [0.4, 0.5) is 0 Å². The normalized spacial score (nSPS) is 12.6. The first-order valence-corrected chi connectivity index (χ1v) is 33.9. The van der Waals surface area contributed by atoms with Gasteiger partial charge in [0.05, 0.1) is 0 Å². The van der Waals surface area contributed by atoms with E-state index >= 15 is 0 Å². The quantitative estimate of drug-likeness (QED) is 0.0261. The van der Waals surface area contributed by atoms with Crippen LogP contribution in [0.25, 0.3) is 0 Å². The maximum atomic E-state index is 9.69. The van der Waals surface area contributed by atoms with E-state index in [4.69, 9.17) is 0 Å². The van der Waals surface area contributed by atoms with Crippen LogP contribution >= 0.6 is 0 Å². The Morgan fingerprint density at radius 2 is 0.273 bits per heavy atom. The van der Waals surface area contributed by atoms with Gasteiger partial charge in [0, 0.05) is 66.1 Å². The van der Waals surface area contributed by atoms with Crippen LogP contribution in [0.2, 0.25) is 0 Å². The second kappa shape index (κ2) is 57.4. The lowest BCUT2D eigenvalue weighted by atomic mass is 9.70. The smallest absolute Gasteiger partial charge is 0.0431 e. The SMILES string of the molecule is OCCCC(CCCO)CCCCCCCCC(CCCCCCCCC(CCCO)CCCO)(CCCCCCCCC(CCCO)(CCCO)CCCO)CCCCCCCCC(CCCO)(CCCO)CCCO. The Hall–Kier alpha value is -0.400. The van der Waals surface area contributed by atoms with Gasteiger partial charge in [-0.05, 0) is 195 Å². The maximum Gasteiger partial charge on any atom is 0.0431 e. The van der Waals surface area contributed by atoms with Crippen molar-refractivity contribution in [3.8, 4) is 0 Å². The molecule has 77 heavy (non-hydrogen) atoms. The molecule has 0 aromatic carbocycles. The van der Waals surface area contributed by atoms with Gasteiger partial charge in [0.15, 0.2) is 0 Å². The van der Waals surface area contributed by atoms with Crippen LogP contribution in [0.3, 0.4) is 0 Å². The van der Waals surface area contributed by atoms with Crippen molar-refractivity contribution in [2.75, 3.05) is 66.1 Å². The number of unbranched alkanes of at least 4 members (excludes halogenated alkanes) is 20. The number of hydrogen-bond acceptors (Lipinski definition) is 10. The Balaban J connectivity index is 5.89. The summed E-state index contributed by atoms with van der Waals surface area (Å²) < 4.78 is 0. The highest BCUT2D eigenvalue weighted by atomic mass is 16.3. The van der Waals surface area contributed by atoms with E-state index in [2.05, 4.69) is 0 Å². The number of hydrogen-bond donors (Lipinski definition) is 10. The van der Waals surface area contributed by atoms with Gasteiger partial charge in [0.25, 0.3) is 0 Å². The van der Waals surface area contributed by atoms with Crippen LogP contribution in [0, 0.1) is 28.1 Å². The third kappa shape index (κ3) is 44.8. The predicted octanol–water partition coefficient (Wildman–Crippen LogP) is 15.4. The van der Waals surface area contributed by atoms with Crippen molar-refractivity contribution in [2.45, 2.75) is 334 Å². The summed E-state index contributed by atoms with van der Waals surface area (Å²) in [6, 6.07) is 0. The van der Waals surface area contributed by atoms with Crippen molar-refractivity contribution in [1.29, 1.82) is 0 Å². The van der Waals surface area contributed by atoms with Crippen molar-refractivity contribution >= 4 is 0 Å². The van der Waals surface area contributed by atoms with Crippen molar-refractivity contribution in [3.63, 3.8) is 0 Å². The molecule has 0 bridgehead atoms. The summed E-state index contributed by atoms with van der Waals surface area (Å²) in [7, 11) is 0. The minimum absolute atomic E-state index is 0.121.